The van der Waals surface area contributed by atoms with E-state index in [1.165, 1.54) is 0 Å². The summed E-state index contributed by atoms with van der Waals surface area (Å²) < 4.78 is 50.9. The molecule has 4 rings (SSSR count). The first-order valence-corrected chi connectivity index (χ1v) is 13.0. The Kier molecular flexibility index (Phi) is 10.3. The average Bonchev–Trinajstić information content (AvgIpc) is 3.38. The van der Waals surface area contributed by atoms with E-state index in [-0.39, 0.29) is 13.2 Å². The van der Waals surface area contributed by atoms with Crippen LogP contribution in [0.2, 0.25) is 0 Å². The molecule has 16 heteroatoms. The van der Waals surface area contributed by atoms with Crippen LogP contribution in [0.3, 0.4) is 0 Å². The van der Waals surface area contributed by atoms with Crippen LogP contribution in [0.25, 0.3) is 10.4 Å². The van der Waals surface area contributed by atoms with Crippen LogP contribution in [-0.4, -0.2) is 98.9 Å². The maximum Gasteiger partial charge on any atom is 0.339 e. The minimum absolute atomic E-state index is 0.0206. The van der Waals surface area contributed by atoms with Crippen molar-refractivity contribution in [1.29, 1.82) is 0 Å². The summed E-state index contributed by atoms with van der Waals surface area (Å²) in [5.74, 6) is -3.47. The third-order valence-corrected chi connectivity index (χ3v) is 6.64. The minimum Gasteiger partial charge on any atom is -0.467 e. The van der Waals surface area contributed by atoms with Crippen LogP contribution in [0.4, 0.5) is 0 Å². The molecule has 0 N–H and O–H groups in total. The molecule has 228 valence electrons. The van der Waals surface area contributed by atoms with E-state index in [1.54, 1.807) is 0 Å². The molecule has 10 atom stereocenters. The molecule has 0 unspecified atom stereocenters. The first-order valence-electron chi connectivity index (χ1n) is 13.0. The number of nitrogens with zero attached hydrogens (tertiary/aromatic N) is 3. The third-order valence-electron chi connectivity index (χ3n) is 6.64. The van der Waals surface area contributed by atoms with E-state index in [0.717, 1.165) is 33.4 Å². The lowest BCUT2D eigenvalue weighted by Gasteiger charge is -2.46. The molecule has 3 aliphatic rings. The summed E-state index contributed by atoms with van der Waals surface area (Å²) in [7, 11) is 1.08. The molecule has 1 aromatic carbocycles. The Balaban J connectivity index is 1.71. The molecule has 0 amide bonds. The van der Waals surface area contributed by atoms with E-state index in [9.17, 15) is 24.7 Å². The maximum atomic E-state index is 12.8. The van der Waals surface area contributed by atoms with Gasteiger partial charge in [0, 0.05) is 25.7 Å². The first-order chi connectivity index (χ1) is 20.1. The number of ether oxygens (including phenoxy) is 9. The monoisotopic (exact) mass is 593 g/mol. The molecule has 0 radical (unpaired) electrons. The van der Waals surface area contributed by atoms with Crippen molar-refractivity contribution in [2.75, 3.05) is 13.7 Å². The number of rotatable bonds is 10. The number of esters is 4. The van der Waals surface area contributed by atoms with Crippen LogP contribution < -0.4 is 0 Å². The largest absolute Gasteiger partial charge is 0.467 e. The molecule has 42 heavy (non-hydrogen) atoms. The highest BCUT2D eigenvalue weighted by molar-refractivity contribution is 5.77. The summed E-state index contributed by atoms with van der Waals surface area (Å²) in [6.45, 7) is 3.36. The lowest BCUT2D eigenvalue weighted by molar-refractivity contribution is -0.331. The van der Waals surface area contributed by atoms with Gasteiger partial charge in [-0.05, 0) is 11.1 Å². The van der Waals surface area contributed by atoms with Gasteiger partial charge in [-0.2, -0.15) is 0 Å². The van der Waals surface area contributed by atoms with Crippen LogP contribution >= 0.6 is 0 Å². The molecule has 0 saturated carbocycles. The molecule has 3 heterocycles. The smallest absolute Gasteiger partial charge is 0.339 e. The fourth-order valence-electron chi connectivity index (χ4n) is 5.00. The van der Waals surface area contributed by atoms with Crippen LogP contribution in [-0.2, 0) is 68.4 Å². The van der Waals surface area contributed by atoms with Crippen molar-refractivity contribution >= 4 is 23.9 Å². The predicted octanol–water partition coefficient (Wildman–Crippen LogP) is 1.08. The fraction of sp³-hybridized carbons (Fsp3) is 0.615. The SMILES string of the molecule is COC(=O)[C@H]1O[C@H](O[C@H]2[C@H](OCc3ccccc3)[C@@H](N=[N+]=[N-])[C@@H]3OC[C@H]2O3)[C@H](OC(C)=O)[C@@H](OC(C)=O)[C@@H]1OC(C)=O. The van der Waals surface area contributed by atoms with Gasteiger partial charge >= 0.3 is 23.9 Å². The highest BCUT2D eigenvalue weighted by atomic mass is 16.8. The number of benzene rings is 1. The van der Waals surface area contributed by atoms with Crippen molar-refractivity contribution in [1.82, 2.24) is 0 Å². The zero-order chi connectivity index (χ0) is 30.4. The highest BCUT2D eigenvalue weighted by Gasteiger charge is 2.58. The molecule has 1 aromatic rings. The number of methoxy groups -OCH3 is 1. The minimum atomic E-state index is -1.66. The Morgan fingerprint density at radius 1 is 0.905 bits per heavy atom. The van der Waals surface area contributed by atoms with Crippen LogP contribution in [0, 0.1) is 0 Å². The number of hydrogen-bond acceptors (Lipinski definition) is 14. The second-order valence-electron chi connectivity index (χ2n) is 9.60. The second kappa shape index (κ2) is 13.9. The molecule has 3 fully saturated rings. The van der Waals surface area contributed by atoms with E-state index in [1.807, 2.05) is 30.3 Å². The van der Waals surface area contributed by atoms with Gasteiger partial charge in [0.15, 0.2) is 37.0 Å². The van der Waals surface area contributed by atoms with Gasteiger partial charge in [0.1, 0.15) is 24.4 Å². The van der Waals surface area contributed by atoms with E-state index in [2.05, 4.69) is 10.0 Å². The van der Waals surface area contributed by atoms with Gasteiger partial charge in [0.2, 0.25) is 0 Å². The standard InChI is InChI=1S/C26H31N3O13/c1-12(30)37-20-21(38-13(2)31)23(39-14(3)32)26(42-22(20)24(33)34-4)41-18-16-11-36-25(40-16)17(28-29-27)19(18)35-10-15-8-6-5-7-9-15/h5-9,16-23,25-26H,10-11H2,1-4H3/t16-,17-,18-,19-,20+,21+,22+,23-,25-,26+/m1/s1. The van der Waals surface area contributed by atoms with Crippen LogP contribution in [0.5, 0.6) is 0 Å². The first kappa shape index (κ1) is 31.2. The second-order valence-corrected chi connectivity index (χ2v) is 9.60. The van der Waals surface area contributed by atoms with Crippen molar-refractivity contribution < 1.29 is 61.8 Å². The zero-order valence-electron chi connectivity index (χ0n) is 23.2. The lowest BCUT2D eigenvalue weighted by atomic mass is 9.96. The summed E-state index contributed by atoms with van der Waals surface area (Å²) in [5.41, 5.74) is 10.1. The number of carbonyl (C=O) groups is 4. The van der Waals surface area contributed by atoms with Gasteiger partial charge in [0.05, 0.1) is 20.3 Å². The number of carbonyl (C=O) groups excluding carboxylic acids is 4. The molecule has 0 aliphatic carbocycles. The average molecular weight is 594 g/mol. The summed E-state index contributed by atoms with van der Waals surface area (Å²) in [6.07, 6.45) is -11.7. The Morgan fingerprint density at radius 3 is 2.17 bits per heavy atom. The van der Waals surface area contributed by atoms with Gasteiger partial charge in [-0.25, -0.2) is 4.79 Å². The van der Waals surface area contributed by atoms with Crippen LogP contribution in [0.15, 0.2) is 35.4 Å². The van der Waals surface area contributed by atoms with Gasteiger partial charge in [0.25, 0.3) is 0 Å². The van der Waals surface area contributed by atoms with Gasteiger partial charge < -0.3 is 42.6 Å². The number of azide groups is 1. The van der Waals surface area contributed by atoms with Crippen molar-refractivity contribution in [2.45, 2.75) is 88.7 Å². The lowest BCUT2D eigenvalue weighted by Crippen LogP contribution is -2.66. The van der Waals surface area contributed by atoms with Crippen molar-refractivity contribution in [3.63, 3.8) is 0 Å². The molecular formula is C26H31N3O13. The van der Waals surface area contributed by atoms with Gasteiger partial charge in [-0.15, -0.1) is 0 Å². The zero-order valence-corrected chi connectivity index (χ0v) is 23.2. The Morgan fingerprint density at radius 2 is 1.55 bits per heavy atom. The van der Waals surface area contributed by atoms with Crippen molar-refractivity contribution in [3.8, 4) is 0 Å². The maximum absolute atomic E-state index is 12.8. The van der Waals surface area contributed by atoms with Gasteiger partial charge in [-0.1, -0.05) is 35.4 Å². The summed E-state index contributed by atoms with van der Waals surface area (Å²) in [5, 5.41) is 3.82. The van der Waals surface area contributed by atoms with E-state index < -0.39 is 85.2 Å². The molecule has 3 aliphatic heterocycles. The van der Waals surface area contributed by atoms with E-state index in [0.29, 0.717) is 0 Å². The summed E-state index contributed by atoms with van der Waals surface area (Å²) >= 11 is 0. The van der Waals surface area contributed by atoms with Crippen molar-refractivity contribution in [2.24, 2.45) is 5.11 Å². The Labute approximate surface area is 240 Å². The van der Waals surface area contributed by atoms with E-state index in [4.69, 9.17) is 42.6 Å². The van der Waals surface area contributed by atoms with Gasteiger partial charge in [-0.3, -0.25) is 14.4 Å². The molecule has 0 spiro atoms. The van der Waals surface area contributed by atoms with E-state index >= 15 is 0 Å². The highest BCUT2D eigenvalue weighted by Crippen LogP contribution is 2.38. The normalized spacial score (nSPS) is 33.5. The molecule has 2 bridgehead atoms. The number of hydrogen-bond donors (Lipinski definition) is 0. The Bertz CT molecular complexity index is 1190. The summed E-state index contributed by atoms with van der Waals surface area (Å²) in [6, 6.07) is 8.17. The molecule has 3 saturated heterocycles. The molecular weight excluding hydrogens is 562 g/mol. The molecule has 0 aromatic heterocycles. The predicted molar refractivity (Wildman–Crippen MR) is 135 cm³/mol. The Hall–Kier alpha value is -3.79. The quantitative estimate of drug-likeness (QED) is 0.123. The van der Waals surface area contributed by atoms with Crippen LogP contribution in [0.1, 0.15) is 26.3 Å². The van der Waals surface area contributed by atoms with Crippen molar-refractivity contribution in [3.05, 3.63) is 46.3 Å². The summed E-state index contributed by atoms with van der Waals surface area (Å²) in [4.78, 5) is 51.9. The fourth-order valence-corrected chi connectivity index (χ4v) is 5.00. The number of fused-ring (bicyclic) bond motifs is 2. The molecule has 16 nitrogen and oxygen atoms in total. The topological polar surface area (TPSA) is 200 Å². The third kappa shape index (κ3) is 7.15.